The van der Waals surface area contributed by atoms with Crippen molar-refractivity contribution in [2.24, 2.45) is 5.92 Å². The number of carbonyl (C=O) groups is 1. The van der Waals surface area contributed by atoms with E-state index >= 15 is 0 Å². The van der Waals surface area contributed by atoms with Crippen LogP contribution in [-0.4, -0.2) is 54.0 Å². The number of hydrogen-bond acceptors (Lipinski definition) is 8. The van der Waals surface area contributed by atoms with Gasteiger partial charge >= 0.3 is 0 Å². The number of thiazole rings is 1. The van der Waals surface area contributed by atoms with Gasteiger partial charge in [-0.25, -0.2) is 19.9 Å². The highest BCUT2D eigenvalue weighted by molar-refractivity contribution is 7.13. The van der Waals surface area contributed by atoms with E-state index in [1.807, 2.05) is 42.2 Å². The van der Waals surface area contributed by atoms with E-state index in [-0.39, 0.29) is 5.91 Å². The quantitative estimate of drug-likeness (QED) is 0.393. The predicted octanol–water partition coefficient (Wildman–Crippen LogP) is 4.06. The van der Waals surface area contributed by atoms with Gasteiger partial charge in [-0.1, -0.05) is 24.6 Å². The summed E-state index contributed by atoms with van der Waals surface area (Å²) in [6, 6.07) is 9.26. The number of aromatic nitrogens is 5. The van der Waals surface area contributed by atoms with Gasteiger partial charge in [0.15, 0.2) is 11.4 Å². The van der Waals surface area contributed by atoms with Crippen LogP contribution in [0.15, 0.2) is 54.4 Å². The van der Waals surface area contributed by atoms with Crippen molar-refractivity contribution in [3.63, 3.8) is 0 Å². The van der Waals surface area contributed by atoms with Gasteiger partial charge < -0.3 is 19.9 Å². The fourth-order valence-corrected chi connectivity index (χ4v) is 5.54. The normalized spacial score (nSPS) is 20.1. The van der Waals surface area contributed by atoms with Gasteiger partial charge in [0.05, 0.1) is 12.0 Å². The van der Waals surface area contributed by atoms with Gasteiger partial charge in [-0.05, 0) is 36.5 Å². The third-order valence-corrected chi connectivity index (χ3v) is 7.98. The lowest BCUT2D eigenvalue weighted by atomic mass is 9.85. The van der Waals surface area contributed by atoms with Crippen LogP contribution >= 0.6 is 11.3 Å². The van der Waals surface area contributed by atoms with E-state index in [2.05, 4.69) is 24.8 Å². The standard InChI is InChI=1S/C26H27N7O2S/c1-32-11-9-26(35,24(32)34)19-7-3-6-18(12-19)23-29-21(15-36-23)20-8-10-27-25(30-20)31-22-14-33(16-28-22)13-17-4-2-5-17/h3,6-8,10,12,14-17,35H,2,4-5,9,11,13H2,1H3,(H,27,30,31). The van der Waals surface area contributed by atoms with Crippen LogP contribution in [-0.2, 0) is 16.9 Å². The van der Waals surface area contributed by atoms with E-state index in [4.69, 9.17) is 4.98 Å². The molecular formula is C26H27N7O2S. The molecule has 2 fully saturated rings. The van der Waals surface area contributed by atoms with Crippen LogP contribution < -0.4 is 5.32 Å². The number of likely N-dealkylation sites (tertiary alicyclic amines) is 1. The minimum atomic E-state index is -1.48. The molecule has 36 heavy (non-hydrogen) atoms. The monoisotopic (exact) mass is 501 g/mol. The van der Waals surface area contributed by atoms with Gasteiger partial charge in [0.25, 0.3) is 5.91 Å². The Kier molecular flexibility index (Phi) is 5.77. The van der Waals surface area contributed by atoms with Crippen molar-refractivity contribution >= 4 is 29.0 Å². The van der Waals surface area contributed by atoms with Gasteiger partial charge in [0, 0.05) is 49.9 Å². The third-order valence-electron chi connectivity index (χ3n) is 7.09. The molecule has 10 heteroatoms. The summed E-state index contributed by atoms with van der Waals surface area (Å²) < 4.78 is 2.12. The highest BCUT2D eigenvalue weighted by atomic mass is 32.1. The van der Waals surface area contributed by atoms with Gasteiger partial charge in [-0.2, -0.15) is 0 Å². The first-order valence-electron chi connectivity index (χ1n) is 12.1. The summed E-state index contributed by atoms with van der Waals surface area (Å²) in [7, 11) is 1.71. The number of nitrogens with zero attached hydrogens (tertiary/aromatic N) is 6. The summed E-state index contributed by atoms with van der Waals surface area (Å²) >= 11 is 1.49. The zero-order valence-corrected chi connectivity index (χ0v) is 20.8. The molecule has 0 spiro atoms. The van der Waals surface area contributed by atoms with Crippen molar-refractivity contribution in [3.8, 4) is 22.0 Å². The number of aliphatic hydroxyl groups is 1. The maximum atomic E-state index is 12.5. The summed E-state index contributed by atoms with van der Waals surface area (Å²) in [6.45, 7) is 1.53. The predicted molar refractivity (Wildman–Crippen MR) is 138 cm³/mol. The maximum Gasteiger partial charge on any atom is 0.258 e. The van der Waals surface area contributed by atoms with E-state index in [9.17, 15) is 9.90 Å². The molecule has 1 aliphatic carbocycles. The molecule has 1 atom stereocenters. The number of likely N-dealkylation sites (N-methyl/N-ethyl adjacent to an activating group) is 1. The van der Waals surface area contributed by atoms with Crippen LogP contribution in [0.2, 0.25) is 0 Å². The second kappa shape index (κ2) is 9.11. The summed E-state index contributed by atoms with van der Waals surface area (Å²) in [5.74, 6) is 1.67. The Hall–Kier alpha value is -3.63. The van der Waals surface area contributed by atoms with E-state index in [1.54, 1.807) is 24.2 Å². The SMILES string of the molecule is CN1CCC(O)(c2cccc(-c3nc(-c4ccnc(Nc5cn(CC6CCC6)cn5)n4)cs3)c2)C1=O. The van der Waals surface area contributed by atoms with Crippen molar-refractivity contribution in [1.82, 2.24) is 29.4 Å². The second-order valence-corrected chi connectivity index (χ2v) is 10.5. The molecule has 1 aromatic carbocycles. The Balaban J connectivity index is 1.20. The number of imidazole rings is 1. The summed E-state index contributed by atoms with van der Waals surface area (Å²) in [4.78, 5) is 32.3. The van der Waals surface area contributed by atoms with Gasteiger partial charge in [-0.3, -0.25) is 4.79 Å². The number of hydrogen-bond donors (Lipinski definition) is 2. The number of benzene rings is 1. The van der Waals surface area contributed by atoms with E-state index in [0.717, 1.165) is 28.7 Å². The Morgan fingerprint density at radius 2 is 2.08 bits per heavy atom. The minimum Gasteiger partial charge on any atom is -0.375 e. The van der Waals surface area contributed by atoms with Crippen LogP contribution in [0.1, 0.15) is 31.2 Å². The first-order chi connectivity index (χ1) is 17.5. The lowest BCUT2D eigenvalue weighted by molar-refractivity contribution is -0.143. The molecule has 4 heterocycles. The molecule has 1 saturated carbocycles. The average molecular weight is 502 g/mol. The lowest BCUT2D eigenvalue weighted by Crippen LogP contribution is -2.36. The maximum absolute atomic E-state index is 12.5. The molecule has 0 radical (unpaired) electrons. The van der Waals surface area contributed by atoms with Gasteiger partial charge in [0.2, 0.25) is 5.95 Å². The fourth-order valence-electron chi connectivity index (χ4n) is 4.73. The van der Waals surface area contributed by atoms with Crippen molar-refractivity contribution < 1.29 is 9.90 Å². The molecule has 1 unspecified atom stereocenters. The largest absolute Gasteiger partial charge is 0.375 e. The molecule has 2 N–H and O–H groups in total. The lowest BCUT2D eigenvalue weighted by Gasteiger charge is -2.25. The summed E-state index contributed by atoms with van der Waals surface area (Å²) in [5.41, 5.74) is 1.39. The van der Waals surface area contributed by atoms with Crippen molar-refractivity contribution in [2.75, 3.05) is 18.9 Å². The second-order valence-electron chi connectivity index (χ2n) is 9.60. The Morgan fingerprint density at radius 3 is 2.86 bits per heavy atom. The molecule has 2 aliphatic rings. The number of nitrogens with one attached hydrogen (secondary N) is 1. The van der Waals surface area contributed by atoms with Crippen molar-refractivity contribution in [1.29, 1.82) is 0 Å². The summed E-state index contributed by atoms with van der Waals surface area (Å²) in [6.07, 6.45) is 9.83. The zero-order chi connectivity index (χ0) is 24.7. The first kappa shape index (κ1) is 22.8. The van der Waals surface area contributed by atoms with Gasteiger partial charge in [-0.15, -0.1) is 11.3 Å². The molecule has 9 nitrogen and oxygen atoms in total. The Bertz CT molecular complexity index is 1410. The fraction of sp³-hybridized carbons (Fsp3) is 0.346. The molecule has 1 amide bonds. The molecule has 6 rings (SSSR count). The number of amides is 1. The molecule has 184 valence electrons. The highest BCUT2D eigenvalue weighted by Gasteiger charge is 2.45. The zero-order valence-electron chi connectivity index (χ0n) is 20.0. The molecule has 1 aliphatic heterocycles. The Morgan fingerprint density at radius 1 is 1.19 bits per heavy atom. The van der Waals surface area contributed by atoms with E-state index < -0.39 is 5.60 Å². The van der Waals surface area contributed by atoms with Crippen LogP contribution in [0.25, 0.3) is 22.0 Å². The molecule has 4 aromatic rings. The van der Waals surface area contributed by atoms with Crippen molar-refractivity contribution in [3.05, 3.63) is 60.0 Å². The van der Waals surface area contributed by atoms with E-state index in [0.29, 0.717) is 36.0 Å². The first-order valence-corrected chi connectivity index (χ1v) is 13.0. The van der Waals surface area contributed by atoms with Crippen LogP contribution in [0.3, 0.4) is 0 Å². The van der Waals surface area contributed by atoms with E-state index in [1.165, 1.54) is 30.6 Å². The van der Waals surface area contributed by atoms with Crippen LogP contribution in [0.5, 0.6) is 0 Å². The molecular weight excluding hydrogens is 474 g/mol. The molecule has 1 saturated heterocycles. The summed E-state index contributed by atoms with van der Waals surface area (Å²) in [5, 5.41) is 17.0. The third kappa shape index (κ3) is 4.27. The smallest absolute Gasteiger partial charge is 0.258 e. The minimum absolute atomic E-state index is 0.270. The average Bonchev–Trinajstić information content (AvgIpc) is 3.59. The molecule has 0 bridgehead atoms. The number of rotatable bonds is 7. The Labute approximate surface area is 212 Å². The van der Waals surface area contributed by atoms with Crippen LogP contribution in [0, 0.1) is 5.92 Å². The van der Waals surface area contributed by atoms with Crippen molar-refractivity contribution in [2.45, 2.75) is 37.8 Å². The topological polar surface area (TPSA) is 109 Å². The van der Waals surface area contributed by atoms with Gasteiger partial charge in [0.1, 0.15) is 10.7 Å². The highest BCUT2D eigenvalue weighted by Crippen LogP contribution is 2.36. The molecule has 3 aromatic heterocycles. The number of anilines is 2. The number of carbonyl (C=O) groups excluding carboxylic acids is 1. The van der Waals surface area contributed by atoms with Crippen LogP contribution in [0.4, 0.5) is 11.8 Å².